The molecule has 7 nitrogen and oxygen atoms in total. The predicted molar refractivity (Wildman–Crippen MR) is 90.2 cm³/mol. The van der Waals surface area contributed by atoms with Crippen LogP contribution in [-0.2, 0) is 16.5 Å². The van der Waals surface area contributed by atoms with Crippen LogP contribution in [0.3, 0.4) is 0 Å². The summed E-state index contributed by atoms with van der Waals surface area (Å²) in [7, 11) is 0.284. The maximum Gasteiger partial charge on any atom is 0.387 e. The standard InChI is InChI=1S/C16H15F2N3O4S/c1-23-13-5-6-19-12(14(13)24-2)8-26(22)16-20-10-4-3-9(25-15(17)18)7-11(10)21-16/h3-7,15H,8H2,1-2H3,(H,20,21)/i8D2,15D. The summed E-state index contributed by atoms with van der Waals surface area (Å²) < 4.78 is 75.9. The minimum absolute atomic E-state index is 0.0159. The van der Waals surface area contributed by atoms with E-state index in [0.29, 0.717) is 0 Å². The molecule has 0 fully saturated rings. The number of aromatic amines is 1. The van der Waals surface area contributed by atoms with E-state index in [1.54, 1.807) is 0 Å². The lowest BCUT2D eigenvalue weighted by molar-refractivity contribution is -0.0497. The second-order valence-corrected chi connectivity index (χ2v) is 5.94. The van der Waals surface area contributed by atoms with Gasteiger partial charge in [0.1, 0.15) is 5.75 Å². The summed E-state index contributed by atoms with van der Waals surface area (Å²) in [6, 6.07) is 5.09. The lowest BCUT2D eigenvalue weighted by atomic mass is 10.3. The van der Waals surface area contributed by atoms with Crippen LogP contribution in [0.5, 0.6) is 17.2 Å². The van der Waals surface area contributed by atoms with Crippen molar-refractivity contribution < 1.29 is 31.3 Å². The summed E-state index contributed by atoms with van der Waals surface area (Å²) in [6.07, 6.45) is 1.29. The number of alkyl halides is 2. The number of imidazole rings is 1. The van der Waals surface area contributed by atoms with E-state index in [0.717, 1.165) is 6.07 Å². The quantitative estimate of drug-likeness (QED) is 0.672. The Morgan fingerprint density at radius 2 is 2.15 bits per heavy atom. The number of hydrogen-bond donors (Lipinski definition) is 1. The zero-order valence-corrected chi connectivity index (χ0v) is 14.4. The van der Waals surface area contributed by atoms with Crippen LogP contribution in [0.2, 0.25) is 0 Å². The molecular formula is C16H15F2N3O4S. The third-order valence-corrected chi connectivity index (χ3v) is 4.21. The van der Waals surface area contributed by atoms with Crippen LogP contribution in [0.25, 0.3) is 11.0 Å². The second kappa shape index (κ2) is 7.65. The normalized spacial score (nSPS) is 15.0. The van der Waals surface area contributed by atoms with Crippen molar-refractivity contribution in [3.63, 3.8) is 0 Å². The summed E-state index contributed by atoms with van der Waals surface area (Å²) in [4.78, 5) is 10.6. The Morgan fingerprint density at radius 3 is 2.85 bits per heavy atom. The van der Waals surface area contributed by atoms with Crippen LogP contribution in [0, 0.1) is 0 Å². The van der Waals surface area contributed by atoms with Crippen molar-refractivity contribution in [3.05, 3.63) is 36.2 Å². The van der Waals surface area contributed by atoms with Crippen LogP contribution in [0.1, 0.15) is 9.81 Å². The molecule has 0 radical (unpaired) electrons. The number of ether oxygens (including phenoxy) is 3. The Kier molecular flexibility index (Phi) is 4.24. The highest BCUT2D eigenvalue weighted by molar-refractivity contribution is 7.84. The highest BCUT2D eigenvalue weighted by Crippen LogP contribution is 2.30. The van der Waals surface area contributed by atoms with Gasteiger partial charge < -0.3 is 19.2 Å². The first-order valence-electron chi connectivity index (χ1n) is 8.62. The molecule has 0 aliphatic heterocycles. The summed E-state index contributed by atoms with van der Waals surface area (Å²) in [6.45, 7) is -4.12. The molecule has 10 heteroatoms. The van der Waals surface area contributed by atoms with Gasteiger partial charge in [-0.1, -0.05) is 0 Å². The lowest BCUT2D eigenvalue weighted by Crippen LogP contribution is -2.04. The number of hydrogen-bond acceptors (Lipinski definition) is 6. The molecule has 0 bridgehead atoms. The fraction of sp³-hybridized carbons (Fsp3) is 0.250. The molecule has 0 aliphatic carbocycles. The van der Waals surface area contributed by atoms with Crippen molar-refractivity contribution in [2.24, 2.45) is 0 Å². The van der Waals surface area contributed by atoms with Crippen molar-refractivity contribution in [2.45, 2.75) is 17.4 Å². The Balaban J connectivity index is 2.00. The van der Waals surface area contributed by atoms with Crippen molar-refractivity contribution >= 4 is 21.8 Å². The fourth-order valence-electron chi connectivity index (χ4n) is 2.20. The van der Waals surface area contributed by atoms with E-state index in [4.69, 9.17) is 13.6 Å². The van der Waals surface area contributed by atoms with Crippen molar-refractivity contribution in [1.82, 2.24) is 15.0 Å². The van der Waals surface area contributed by atoms with Crippen LogP contribution >= 0.6 is 0 Å². The zero-order chi connectivity index (χ0) is 21.4. The van der Waals surface area contributed by atoms with Gasteiger partial charge >= 0.3 is 6.59 Å². The van der Waals surface area contributed by atoms with Gasteiger partial charge in [-0.3, -0.25) is 9.19 Å². The monoisotopic (exact) mass is 386 g/mol. The molecule has 0 spiro atoms. The van der Waals surface area contributed by atoms with E-state index in [-0.39, 0.29) is 39.1 Å². The molecule has 1 unspecified atom stereocenters. The summed E-state index contributed by atoms with van der Waals surface area (Å²) in [5.41, 5.74) is -2.36. The van der Waals surface area contributed by atoms with Gasteiger partial charge in [0.15, 0.2) is 18.0 Å². The molecule has 138 valence electrons. The molecule has 1 atom stereocenters. The maximum absolute atomic E-state index is 12.9. The Bertz CT molecular complexity index is 1080. The van der Waals surface area contributed by atoms with Gasteiger partial charge in [0.25, 0.3) is 0 Å². The highest BCUT2D eigenvalue weighted by Gasteiger charge is 2.17. The van der Waals surface area contributed by atoms with Crippen molar-refractivity contribution in [2.75, 3.05) is 14.2 Å². The second-order valence-electron chi connectivity index (χ2n) is 4.81. The van der Waals surface area contributed by atoms with Gasteiger partial charge in [0.05, 0.1) is 47.5 Å². The average Bonchev–Trinajstić information content (AvgIpc) is 3.08. The summed E-state index contributed by atoms with van der Waals surface area (Å²) in [5, 5.41) is -0.244. The molecule has 0 aliphatic rings. The smallest absolute Gasteiger partial charge is 0.387 e. The number of nitrogens with one attached hydrogen (secondary N) is 1. The van der Waals surface area contributed by atoms with Gasteiger partial charge in [0, 0.05) is 21.1 Å². The van der Waals surface area contributed by atoms with E-state index in [1.807, 2.05) is 0 Å². The van der Waals surface area contributed by atoms with Crippen molar-refractivity contribution in [1.29, 1.82) is 0 Å². The van der Waals surface area contributed by atoms with Crippen molar-refractivity contribution in [3.8, 4) is 17.2 Å². The largest absolute Gasteiger partial charge is 0.493 e. The third-order valence-electron chi connectivity index (χ3n) is 3.28. The number of halogens is 2. The minimum atomic E-state index is -4.12. The Morgan fingerprint density at radius 1 is 1.35 bits per heavy atom. The molecule has 1 aromatic carbocycles. The molecule has 2 aromatic heterocycles. The molecule has 2 heterocycles. The van der Waals surface area contributed by atoms with Gasteiger partial charge in [-0.05, 0) is 12.1 Å². The zero-order valence-electron chi connectivity index (χ0n) is 16.6. The number of H-pyrrole nitrogens is 1. The molecule has 0 saturated heterocycles. The van der Waals surface area contributed by atoms with Gasteiger partial charge in [-0.2, -0.15) is 8.78 Å². The predicted octanol–water partition coefficient (Wildman–Crippen LogP) is 2.88. The van der Waals surface area contributed by atoms with Crippen LogP contribution in [0.15, 0.2) is 35.6 Å². The van der Waals surface area contributed by atoms with E-state index >= 15 is 0 Å². The molecule has 0 amide bonds. The van der Waals surface area contributed by atoms with Gasteiger partial charge in [-0.25, -0.2) is 4.98 Å². The van der Waals surface area contributed by atoms with E-state index < -0.39 is 23.1 Å². The topological polar surface area (TPSA) is 86.3 Å². The number of fused-ring (bicyclic) bond motifs is 1. The van der Waals surface area contributed by atoms with Crippen LogP contribution < -0.4 is 14.2 Å². The van der Waals surface area contributed by atoms with E-state index in [1.165, 1.54) is 38.6 Å². The number of benzene rings is 1. The first kappa shape index (κ1) is 14.4. The van der Waals surface area contributed by atoms with Crippen LogP contribution in [0.4, 0.5) is 8.78 Å². The third kappa shape index (κ3) is 3.74. The lowest BCUT2D eigenvalue weighted by Gasteiger charge is -2.10. The molecular weight excluding hydrogens is 368 g/mol. The molecule has 1 N–H and O–H groups in total. The van der Waals surface area contributed by atoms with Gasteiger partial charge in [-0.15, -0.1) is 0 Å². The average molecular weight is 386 g/mol. The number of rotatable bonds is 7. The maximum atomic E-state index is 12.9. The Hall–Kier alpha value is -2.75. The number of methoxy groups -OCH3 is 2. The highest BCUT2D eigenvalue weighted by atomic mass is 32.2. The summed E-state index contributed by atoms with van der Waals surface area (Å²) >= 11 is 0. The number of pyridine rings is 1. The number of nitrogens with zero attached hydrogens (tertiary/aromatic N) is 2. The SMILES string of the molecule is [2H]C(F)(F)Oc1ccc2nc(S(=O)C([2H])([2H])c3nccc(OC)c3OC)[nH]c2c1. The molecule has 0 saturated carbocycles. The fourth-order valence-corrected chi connectivity index (χ4v) is 3.00. The first-order chi connectivity index (χ1) is 13.6. The Labute approximate surface area is 154 Å². The van der Waals surface area contributed by atoms with Crippen LogP contribution in [-0.4, -0.2) is 40.0 Å². The summed E-state index contributed by atoms with van der Waals surface area (Å²) in [5.74, 6) is -0.114. The molecule has 3 rings (SSSR count). The minimum Gasteiger partial charge on any atom is -0.493 e. The van der Waals surface area contributed by atoms with E-state index in [2.05, 4.69) is 19.7 Å². The van der Waals surface area contributed by atoms with E-state index in [9.17, 15) is 13.0 Å². The first-order valence-corrected chi connectivity index (χ1v) is 8.27. The molecule has 26 heavy (non-hydrogen) atoms. The number of aromatic nitrogens is 3. The molecule has 3 aromatic rings. The van der Waals surface area contributed by atoms with Gasteiger partial charge in [0.2, 0.25) is 0 Å².